The Morgan fingerprint density at radius 2 is 1.58 bits per heavy atom. The number of rotatable bonds is 6. The summed E-state index contributed by atoms with van der Waals surface area (Å²) in [5.74, 6) is -0.609. The summed E-state index contributed by atoms with van der Waals surface area (Å²) in [7, 11) is 1.56. The van der Waals surface area contributed by atoms with Crippen molar-refractivity contribution in [2.24, 2.45) is 7.05 Å². The molecule has 0 bridgehead atoms. The lowest BCUT2D eigenvalue weighted by Crippen LogP contribution is -2.26. The standard InChI is InChI=1S/C26H24N4O3/c1-17-11-13-18(14-12-17)16-27-25(32)21-9-5-6-10-22(21)28-24(31)15-23-19-7-3-4-8-20(19)26(33)30(2)29-23/h3-14H,15-16H2,1-2H3,(H,27,32)(H,28,31). The maximum absolute atomic E-state index is 12.8. The second-order valence-electron chi connectivity index (χ2n) is 7.86. The van der Waals surface area contributed by atoms with Crippen molar-refractivity contribution < 1.29 is 9.59 Å². The van der Waals surface area contributed by atoms with E-state index in [9.17, 15) is 14.4 Å². The predicted molar refractivity (Wildman–Crippen MR) is 128 cm³/mol. The Morgan fingerprint density at radius 3 is 2.33 bits per heavy atom. The third-order valence-electron chi connectivity index (χ3n) is 5.38. The van der Waals surface area contributed by atoms with E-state index in [0.29, 0.717) is 34.3 Å². The van der Waals surface area contributed by atoms with Crippen molar-refractivity contribution in [1.82, 2.24) is 15.1 Å². The van der Waals surface area contributed by atoms with Crippen molar-refractivity contribution in [3.63, 3.8) is 0 Å². The highest BCUT2D eigenvalue weighted by atomic mass is 16.2. The van der Waals surface area contributed by atoms with Crippen LogP contribution in [0.25, 0.3) is 10.8 Å². The molecule has 0 spiro atoms. The molecule has 0 saturated carbocycles. The molecule has 4 rings (SSSR count). The van der Waals surface area contributed by atoms with Gasteiger partial charge >= 0.3 is 0 Å². The molecule has 1 aromatic heterocycles. The first-order chi connectivity index (χ1) is 15.9. The van der Waals surface area contributed by atoms with Crippen LogP contribution in [0.3, 0.4) is 0 Å². The van der Waals surface area contributed by atoms with Gasteiger partial charge in [0.2, 0.25) is 5.91 Å². The molecule has 0 aliphatic heterocycles. The molecular formula is C26H24N4O3. The van der Waals surface area contributed by atoms with Gasteiger partial charge in [0.1, 0.15) is 0 Å². The SMILES string of the molecule is Cc1ccc(CNC(=O)c2ccccc2NC(=O)Cc2nn(C)c(=O)c3ccccc23)cc1. The Kier molecular flexibility index (Phi) is 6.31. The Hall–Kier alpha value is -4.26. The fourth-order valence-electron chi connectivity index (χ4n) is 3.63. The summed E-state index contributed by atoms with van der Waals surface area (Å²) in [6.45, 7) is 2.39. The monoisotopic (exact) mass is 440 g/mol. The molecule has 2 amide bonds. The minimum absolute atomic E-state index is 0.0338. The van der Waals surface area contributed by atoms with E-state index in [1.807, 2.05) is 31.2 Å². The summed E-state index contributed by atoms with van der Waals surface area (Å²) in [6.07, 6.45) is -0.0338. The maximum Gasteiger partial charge on any atom is 0.274 e. The molecule has 0 unspecified atom stereocenters. The Morgan fingerprint density at radius 1 is 0.909 bits per heavy atom. The van der Waals surface area contributed by atoms with Gasteiger partial charge in [-0.25, -0.2) is 4.68 Å². The number of hydrogen-bond acceptors (Lipinski definition) is 4. The molecule has 0 radical (unpaired) electrons. The number of para-hydroxylation sites is 1. The van der Waals surface area contributed by atoms with Crippen LogP contribution in [0.1, 0.15) is 27.2 Å². The molecule has 33 heavy (non-hydrogen) atoms. The second kappa shape index (κ2) is 9.48. The number of amides is 2. The van der Waals surface area contributed by atoms with Crippen molar-refractivity contribution in [2.75, 3.05) is 5.32 Å². The van der Waals surface area contributed by atoms with E-state index in [-0.39, 0.29) is 23.8 Å². The van der Waals surface area contributed by atoms with E-state index < -0.39 is 0 Å². The number of nitrogens with one attached hydrogen (secondary N) is 2. The first-order valence-corrected chi connectivity index (χ1v) is 10.6. The van der Waals surface area contributed by atoms with Gasteiger partial charge < -0.3 is 10.6 Å². The van der Waals surface area contributed by atoms with Crippen molar-refractivity contribution in [2.45, 2.75) is 19.9 Å². The van der Waals surface area contributed by atoms with Gasteiger partial charge in [-0.3, -0.25) is 14.4 Å². The molecule has 0 aliphatic rings. The van der Waals surface area contributed by atoms with Gasteiger partial charge in [0.25, 0.3) is 11.5 Å². The highest BCUT2D eigenvalue weighted by molar-refractivity contribution is 6.04. The third kappa shape index (κ3) is 4.98. The quantitative estimate of drug-likeness (QED) is 0.481. The molecule has 7 heteroatoms. The van der Waals surface area contributed by atoms with Gasteiger partial charge in [-0.05, 0) is 30.7 Å². The summed E-state index contributed by atoms with van der Waals surface area (Å²) in [6, 6.07) is 21.8. The first-order valence-electron chi connectivity index (χ1n) is 10.6. The van der Waals surface area contributed by atoms with E-state index in [2.05, 4.69) is 15.7 Å². The first kappa shape index (κ1) is 22.0. The van der Waals surface area contributed by atoms with Crippen LogP contribution in [0.5, 0.6) is 0 Å². The number of hydrogen-bond donors (Lipinski definition) is 2. The average Bonchev–Trinajstić information content (AvgIpc) is 2.82. The van der Waals surface area contributed by atoms with Crippen molar-refractivity contribution in [1.29, 1.82) is 0 Å². The van der Waals surface area contributed by atoms with Crippen LogP contribution in [-0.4, -0.2) is 21.6 Å². The van der Waals surface area contributed by atoms with Gasteiger partial charge in [-0.1, -0.05) is 60.2 Å². The number of anilines is 1. The summed E-state index contributed by atoms with van der Waals surface area (Å²) in [5, 5.41) is 11.1. The molecular weight excluding hydrogens is 416 g/mol. The molecule has 0 aliphatic carbocycles. The third-order valence-corrected chi connectivity index (χ3v) is 5.38. The van der Waals surface area contributed by atoms with Crippen LogP contribution in [0.4, 0.5) is 5.69 Å². The average molecular weight is 441 g/mol. The molecule has 166 valence electrons. The molecule has 0 saturated heterocycles. The second-order valence-corrected chi connectivity index (χ2v) is 7.86. The molecule has 0 atom stereocenters. The number of carbonyl (C=O) groups excluding carboxylic acids is 2. The van der Waals surface area contributed by atoms with Crippen LogP contribution in [0, 0.1) is 6.92 Å². The lowest BCUT2D eigenvalue weighted by Gasteiger charge is -2.12. The largest absolute Gasteiger partial charge is 0.348 e. The lowest BCUT2D eigenvalue weighted by atomic mass is 10.1. The van der Waals surface area contributed by atoms with Gasteiger partial charge in [-0.2, -0.15) is 5.10 Å². The highest BCUT2D eigenvalue weighted by Crippen LogP contribution is 2.18. The minimum atomic E-state index is -0.329. The lowest BCUT2D eigenvalue weighted by molar-refractivity contribution is -0.115. The Labute approximate surface area is 191 Å². The fraction of sp³-hybridized carbons (Fsp3) is 0.154. The zero-order chi connectivity index (χ0) is 23.4. The maximum atomic E-state index is 12.8. The molecule has 2 N–H and O–H groups in total. The van der Waals surface area contributed by atoms with Crippen LogP contribution in [0.15, 0.2) is 77.6 Å². The van der Waals surface area contributed by atoms with Gasteiger partial charge in [-0.15, -0.1) is 0 Å². The van der Waals surface area contributed by atoms with Gasteiger partial charge in [0, 0.05) is 19.0 Å². The Bertz CT molecular complexity index is 1390. The zero-order valence-corrected chi connectivity index (χ0v) is 18.5. The molecule has 7 nitrogen and oxygen atoms in total. The summed E-state index contributed by atoms with van der Waals surface area (Å²) in [4.78, 5) is 37.9. The van der Waals surface area contributed by atoms with Crippen molar-refractivity contribution >= 4 is 28.3 Å². The summed E-state index contributed by atoms with van der Waals surface area (Å²) < 4.78 is 1.23. The number of nitrogens with zero attached hydrogens (tertiary/aromatic N) is 2. The minimum Gasteiger partial charge on any atom is -0.348 e. The van der Waals surface area contributed by atoms with E-state index in [4.69, 9.17) is 0 Å². The van der Waals surface area contributed by atoms with E-state index in [1.54, 1.807) is 55.6 Å². The molecule has 0 fully saturated rings. The van der Waals surface area contributed by atoms with Crippen molar-refractivity contribution in [3.8, 4) is 0 Å². The number of aromatic nitrogens is 2. The molecule has 1 heterocycles. The van der Waals surface area contributed by atoms with Crippen molar-refractivity contribution in [3.05, 3.63) is 106 Å². The van der Waals surface area contributed by atoms with Crippen LogP contribution < -0.4 is 16.2 Å². The molecule has 4 aromatic rings. The number of carbonyl (C=O) groups is 2. The van der Waals surface area contributed by atoms with E-state index in [1.165, 1.54) is 4.68 Å². The Balaban J connectivity index is 1.50. The normalized spacial score (nSPS) is 10.7. The number of benzene rings is 3. The van der Waals surface area contributed by atoms with E-state index >= 15 is 0 Å². The van der Waals surface area contributed by atoms with Crippen LogP contribution >= 0.6 is 0 Å². The number of fused-ring (bicyclic) bond motifs is 1. The van der Waals surface area contributed by atoms with Gasteiger partial charge in [0.15, 0.2) is 0 Å². The van der Waals surface area contributed by atoms with E-state index in [0.717, 1.165) is 11.1 Å². The summed E-state index contributed by atoms with van der Waals surface area (Å²) in [5.41, 5.74) is 3.20. The molecule has 3 aromatic carbocycles. The fourth-order valence-corrected chi connectivity index (χ4v) is 3.63. The van der Waals surface area contributed by atoms with Crippen LogP contribution in [-0.2, 0) is 24.8 Å². The van der Waals surface area contributed by atoms with Crippen LogP contribution in [0.2, 0.25) is 0 Å². The number of aryl methyl sites for hydroxylation is 2. The topological polar surface area (TPSA) is 93.1 Å². The van der Waals surface area contributed by atoms with Gasteiger partial charge in [0.05, 0.1) is 28.8 Å². The zero-order valence-electron chi connectivity index (χ0n) is 18.5. The summed E-state index contributed by atoms with van der Waals surface area (Å²) >= 11 is 0. The highest BCUT2D eigenvalue weighted by Gasteiger charge is 2.16. The smallest absolute Gasteiger partial charge is 0.274 e. The predicted octanol–water partition coefficient (Wildman–Crippen LogP) is 3.35.